The molecule has 6 atom stereocenters. The highest BCUT2D eigenvalue weighted by molar-refractivity contribution is 5.14. The summed E-state index contributed by atoms with van der Waals surface area (Å²) in [7, 11) is 0. The van der Waals surface area contributed by atoms with Gasteiger partial charge in [-0.1, -0.05) is 34.1 Å². The van der Waals surface area contributed by atoms with Crippen LogP contribution in [0.1, 0.15) is 53.4 Å². The van der Waals surface area contributed by atoms with Crippen molar-refractivity contribution in [2.24, 2.45) is 40.9 Å². The molecule has 0 saturated heterocycles. The van der Waals surface area contributed by atoms with E-state index in [2.05, 4.69) is 27.7 Å². The molecule has 4 bridgehead atoms. The lowest BCUT2D eigenvalue weighted by Gasteiger charge is -2.72. The van der Waals surface area contributed by atoms with Crippen LogP contribution in [0.4, 0.5) is 0 Å². The van der Waals surface area contributed by atoms with Crippen molar-refractivity contribution in [3.05, 3.63) is 0 Å². The van der Waals surface area contributed by atoms with E-state index in [1.165, 1.54) is 19.3 Å². The quantitative estimate of drug-likeness (QED) is 0.598. The number of rotatable bonds is 1. The third-order valence-corrected chi connectivity index (χ3v) is 6.40. The molecule has 0 aromatic heterocycles. The monoisotopic (exact) mass is 206 g/mol. The Hall–Kier alpha value is 0. The van der Waals surface area contributed by atoms with Gasteiger partial charge in [0.05, 0.1) is 0 Å². The van der Waals surface area contributed by atoms with Crippen molar-refractivity contribution >= 4 is 0 Å². The fourth-order valence-corrected chi connectivity index (χ4v) is 5.80. The van der Waals surface area contributed by atoms with Gasteiger partial charge in [-0.2, -0.15) is 0 Å². The summed E-state index contributed by atoms with van der Waals surface area (Å²) in [6, 6.07) is 0. The van der Waals surface area contributed by atoms with E-state index in [1.54, 1.807) is 6.42 Å². The van der Waals surface area contributed by atoms with Crippen molar-refractivity contribution in [1.29, 1.82) is 0 Å². The highest BCUT2D eigenvalue weighted by Crippen LogP contribution is 2.73. The molecule has 0 amide bonds. The fraction of sp³-hybridized carbons (Fsp3) is 1.00. The summed E-state index contributed by atoms with van der Waals surface area (Å²) >= 11 is 0. The molecule has 0 aromatic carbocycles. The maximum Gasteiger partial charge on any atom is -0.0261 e. The maximum atomic E-state index is 2.60. The summed E-state index contributed by atoms with van der Waals surface area (Å²) in [6.07, 6.45) is 6.12. The molecule has 4 saturated carbocycles. The third-order valence-electron chi connectivity index (χ3n) is 6.40. The second-order valence-corrected chi connectivity index (χ2v) is 7.22. The van der Waals surface area contributed by atoms with E-state index in [4.69, 9.17) is 0 Å². The van der Waals surface area contributed by atoms with E-state index in [1.807, 2.05) is 0 Å². The van der Waals surface area contributed by atoms with Crippen LogP contribution in [0.15, 0.2) is 0 Å². The number of fused-ring (bicyclic) bond motifs is 2. The molecule has 4 aliphatic carbocycles. The highest BCUT2D eigenvalue weighted by Gasteiger charge is 2.66. The van der Waals surface area contributed by atoms with Gasteiger partial charge in [0.2, 0.25) is 0 Å². The molecule has 4 rings (SSSR count). The predicted octanol–water partition coefficient (Wildman–Crippen LogP) is 4.35. The molecule has 0 aliphatic heterocycles. The van der Waals surface area contributed by atoms with Crippen LogP contribution in [0.2, 0.25) is 0 Å². The van der Waals surface area contributed by atoms with Gasteiger partial charge in [-0.05, 0) is 60.2 Å². The van der Waals surface area contributed by atoms with Crippen LogP contribution in [0.25, 0.3) is 0 Å². The molecule has 4 aliphatic rings. The lowest BCUT2D eigenvalue weighted by Crippen LogP contribution is -2.66. The molecule has 86 valence electrons. The van der Waals surface area contributed by atoms with Crippen molar-refractivity contribution in [1.82, 2.24) is 0 Å². The Balaban J connectivity index is 1.90. The summed E-state index contributed by atoms with van der Waals surface area (Å²) in [5.41, 5.74) is 0.772. The van der Waals surface area contributed by atoms with E-state index in [-0.39, 0.29) is 0 Å². The molecular formula is C15H26. The van der Waals surface area contributed by atoms with Crippen molar-refractivity contribution < 1.29 is 0 Å². The molecule has 0 aromatic rings. The Morgan fingerprint density at radius 2 is 1.87 bits per heavy atom. The molecule has 0 heteroatoms. The van der Waals surface area contributed by atoms with Crippen molar-refractivity contribution in [3.8, 4) is 0 Å². The fourth-order valence-electron chi connectivity index (χ4n) is 5.80. The zero-order valence-corrected chi connectivity index (χ0v) is 10.8. The molecule has 4 fully saturated rings. The van der Waals surface area contributed by atoms with Gasteiger partial charge in [-0.15, -0.1) is 0 Å². The van der Waals surface area contributed by atoms with Crippen molar-refractivity contribution in [2.75, 3.05) is 0 Å². The summed E-state index contributed by atoms with van der Waals surface area (Å²) in [4.78, 5) is 0. The van der Waals surface area contributed by atoms with Crippen LogP contribution in [-0.4, -0.2) is 0 Å². The summed E-state index contributed by atoms with van der Waals surface area (Å²) in [5.74, 6) is 6.33. The average molecular weight is 206 g/mol. The summed E-state index contributed by atoms with van der Waals surface area (Å²) in [6.45, 7) is 10.0. The van der Waals surface area contributed by atoms with Gasteiger partial charge in [-0.3, -0.25) is 0 Å². The Labute approximate surface area is 94.8 Å². The molecule has 0 radical (unpaired) electrons. The normalized spacial score (nSPS) is 57.8. The maximum absolute atomic E-state index is 2.60. The number of hydrogen-bond donors (Lipinski definition) is 0. The lowest BCUT2D eigenvalue weighted by molar-refractivity contribution is -0.240. The minimum Gasteiger partial charge on any atom is -0.0625 e. The van der Waals surface area contributed by atoms with Crippen LogP contribution in [0, 0.1) is 40.9 Å². The zero-order chi connectivity index (χ0) is 10.8. The Morgan fingerprint density at radius 3 is 2.47 bits per heavy atom. The molecule has 0 heterocycles. The van der Waals surface area contributed by atoms with E-state index >= 15 is 0 Å². The largest absolute Gasteiger partial charge is 0.0625 e. The first-order valence-electron chi connectivity index (χ1n) is 7.05. The average Bonchev–Trinajstić information content (AvgIpc) is 2.17. The molecule has 5 unspecified atom stereocenters. The molecular weight excluding hydrogens is 180 g/mol. The zero-order valence-electron chi connectivity index (χ0n) is 10.8. The van der Waals surface area contributed by atoms with Crippen LogP contribution < -0.4 is 0 Å². The SMILES string of the molecule is CC(C)C1CCC2(C)C3CCC(C)[C@H]2C13. The van der Waals surface area contributed by atoms with Gasteiger partial charge in [0.1, 0.15) is 0 Å². The van der Waals surface area contributed by atoms with Gasteiger partial charge in [0, 0.05) is 0 Å². The van der Waals surface area contributed by atoms with Crippen molar-refractivity contribution in [2.45, 2.75) is 53.4 Å². The number of hydrogen-bond acceptors (Lipinski definition) is 0. The van der Waals surface area contributed by atoms with E-state index < -0.39 is 0 Å². The van der Waals surface area contributed by atoms with E-state index in [9.17, 15) is 0 Å². The summed E-state index contributed by atoms with van der Waals surface area (Å²) in [5, 5.41) is 0. The molecule has 0 spiro atoms. The van der Waals surface area contributed by atoms with Crippen LogP contribution in [0.5, 0.6) is 0 Å². The Bertz CT molecular complexity index is 263. The van der Waals surface area contributed by atoms with Gasteiger partial charge in [0.15, 0.2) is 0 Å². The standard InChI is InChI=1S/C15H26/c1-9(2)11-7-8-15(4)12-6-5-10(3)14(15)13(11)12/h9-14H,5-8H2,1-4H3/t10?,11?,12?,13?,14-,15?/m0/s1. The minimum absolute atomic E-state index is 0.772. The van der Waals surface area contributed by atoms with E-state index in [0.717, 1.165) is 40.9 Å². The second kappa shape index (κ2) is 3.02. The van der Waals surface area contributed by atoms with Crippen LogP contribution in [0.3, 0.4) is 0 Å². The highest BCUT2D eigenvalue weighted by atomic mass is 14.7. The minimum atomic E-state index is 0.772. The smallest absolute Gasteiger partial charge is 0.0261 e. The van der Waals surface area contributed by atoms with Gasteiger partial charge in [-0.25, -0.2) is 0 Å². The second-order valence-electron chi connectivity index (χ2n) is 7.22. The molecule has 0 nitrogen and oxygen atoms in total. The Morgan fingerprint density at radius 1 is 1.13 bits per heavy atom. The van der Waals surface area contributed by atoms with Crippen LogP contribution in [-0.2, 0) is 0 Å². The molecule has 15 heavy (non-hydrogen) atoms. The molecule has 0 N–H and O–H groups in total. The van der Waals surface area contributed by atoms with E-state index in [0.29, 0.717) is 0 Å². The van der Waals surface area contributed by atoms with Crippen molar-refractivity contribution in [3.63, 3.8) is 0 Å². The van der Waals surface area contributed by atoms with Gasteiger partial charge in [0.25, 0.3) is 0 Å². The van der Waals surface area contributed by atoms with Gasteiger partial charge >= 0.3 is 0 Å². The van der Waals surface area contributed by atoms with Gasteiger partial charge < -0.3 is 0 Å². The first kappa shape index (κ1) is 10.2. The summed E-state index contributed by atoms with van der Waals surface area (Å²) < 4.78 is 0. The lowest BCUT2D eigenvalue weighted by atomic mass is 9.32. The predicted molar refractivity (Wildman–Crippen MR) is 64.5 cm³/mol. The third kappa shape index (κ3) is 1.09. The Kier molecular flexibility index (Phi) is 2.05. The first-order chi connectivity index (χ1) is 7.05. The van der Waals surface area contributed by atoms with Crippen LogP contribution >= 0.6 is 0 Å². The first-order valence-corrected chi connectivity index (χ1v) is 7.05. The topological polar surface area (TPSA) is 0 Å².